The van der Waals surface area contributed by atoms with Crippen LogP contribution in [0.15, 0.2) is 42.5 Å². The quantitative estimate of drug-likeness (QED) is 0.720. The average molecular weight is 436 g/mol. The molecule has 0 bridgehead atoms. The Morgan fingerprint density at radius 1 is 1.04 bits per heavy atom. The van der Waals surface area contributed by atoms with E-state index in [4.69, 9.17) is 34.8 Å². The monoisotopic (exact) mass is 434 g/mol. The molecule has 0 saturated carbocycles. The Kier molecular flexibility index (Phi) is 7.17. The molecule has 1 amide bonds. The van der Waals surface area contributed by atoms with Crippen LogP contribution in [0, 0.1) is 0 Å². The fraction of sp³-hybridized carbons (Fsp3) is 0.235. The van der Waals surface area contributed by atoms with Gasteiger partial charge in [-0.05, 0) is 42.3 Å². The molecule has 140 valence electrons. The normalized spacial score (nSPS) is 11.2. The van der Waals surface area contributed by atoms with Crippen molar-refractivity contribution in [3.05, 3.63) is 63.1 Å². The van der Waals surface area contributed by atoms with Gasteiger partial charge < -0.3 is 5.32 Å². The summed E-state index contributed by atoms with van der Waals surface area (Å²) in [5, 5.41) is 3.87. The number of nitrogens with one attached hydrogen (secondary N) is 1. The van der Waals surface area contributed by atoms with Crippen LogP contribution >= 0.6 is 34.8 Å². The summed E-state index contributed by atoms with van der Waals surface area (Å²) in [5.74, 6) is -0.435. The molecule has 0 aliphatic carbocycles. The Bertz CT molecular complexity index is 887. The van der Waals surface area contributed by atoms with Gasteiger partial charge in [-0.25, -0.2) is 8.42 Å². The van der Waals surface area contributed by atoms with Crippen LogP contribution in [0.2, 0.25) is 15.1 Å². The fourth-order valence-corrected chi connectivity index (χ4v) is 3.80. The molecule has 0 aromatic heterocycles. The number of sulfonamides is 1. The van der Waals surface area contributed by atoms with Gasteiger partial charge in [0.15, 0.2) is 0 Å². The molecule has 0 fully saturated rings. The lowest BCUT2D eigenvalue weighted by Crippen LogP contribution is -2.41. The first-order valence-corrected chi connectivity index (χ1v) is 10.6. The molecule has 1 N–H and O–H groups in total. The zero-order chi connectivity index (χ0) is 19.3. The minimum atomic E-state index is -3.70. The first kappa shape index (κ1) is 20.8. The van der Waals surface area contributed by atoms with Gasteiger partial charge >= 0.3 is 0 Å². The van der Waals surface area contributed by atoms with Crippen LogP contribution in [0.5, 0.6) is 0 Å². The highest BCUT2D eigenvalue weighted by Crippen LogP contribution is 2.30. The number of rotatable bonds is 7. The molecule has 0 spiro atoms. The number of hydrogen-bond acceptors (Lipinski definition) is 3. The molecule has 2 rings (SSSR count). The molecule has 9 heteroatoms. The van der Waals surface area contributed by atoms with Crippen molar-refractivity contribution in [2.24, 2.45) is 0 Å². The maximum Gasteiger partial charge on any atom is 0.240 e. The number of carbonyl (C=O) groups excluding carboxylic acids is 1. The van der Waals surface area contributed by atoms with Gasteiger partial charge in [-0.1, -0.05) is 46.9 Å². The third-order valence-electron chi connectivity index (χ3n) is 3.52. The second-order valence-electron chi connectivity index (χ2n) is 5.59. The lowest BCUT2D eigenvalue weighted by atomic mass is 10.1. The van der Waals surface area contributed by atoms with Crippen LogP contribution in [0.1, 0.15) is 5.56 Å². The molecule has 0 atom stereocenters. The molecule has 0 radical (unpaired) electrons. The van der Waals surface area contributed by atoms with E-state index >= 15 is 0 Å². The highest BCUT2D eigenvalue weighted by atomic mass is 35.5. The van der Waals surface area contributed by atoms with Gasteiger partial charge in [0.2, 0.25) is 15.9 Å². The van der Waals surface area contributed by atoms with Gasteiger partial charge in [-0.3, -0.25) is 9.10 Å². The van der Waals surface area contributed by atoms with E-state index in [-0.39, 0.29) is 17.3 Å². The van der Waals surface area contributed by atoms with Gasteiger partial charge in [0.05, 0.1) is 17.0 Å². The SMILES string of the molecule is CS(=O)(=O)N(CC(=O)NCCc1ccc(Cl)cc1)c1ccc(Cl)cc1Cl. The number of halogens is 3. The molecule has 2 aromatic carbocycles. The van der Waals surface area contributed by atoms with E-state index < -0.39 is 15.9 Å². The molecule has 0 aliphatic rings. The summed E-state index contributed by atoms with van der Waals surface area (Å²) in [5.41, 5.74) is 1.21. The molecule has 0 heterocycles. The molecular formula is C17H17Cl3N2O3S. The summed E-state index contributed by atoms with van der Waals surface area (Å²) in [6.07, 6.45) is 1.61. The van der Waals surface area contributed by atoms with Gasteiger partial charge in [0.25, 0.3) is 0 Å². The van der Waals surface area contributed by atoms with Crippen LogP contribution in [0.25, 0.3) is 0 Å². The topological polar surface area (TPSA) is 66.5 Å². The number of hydrogen-bond donors (Lipinski definition) is 1. The molecular weight excluding hydrogens is 419 g/mol. The van der Waals surface area contributed by atoms with Crippen molar-refractivity contribution >= 4 is 56.4 Å². The zero-order valence-electron chi connectivity index (χ0n) is 13.9. The van der Waals surface area contributed by atoms with E-state index in [1.807, 2.05) is 12.1 Å². The molecule has 5 nitrogen and oxygen atoms in total. The zero-order valence-corrected chi connectivity index (χ0v) is 17.0. The molecule has 2 aromatic rings. The maximum absolute atomic E-state index is 12.2. The van der Waals surface area contributed by atoms with Gasteiger partial charge in [0, 0.05) is 16.6 Å². The van der Waals surface area contributed by atoms with E-state index in [1.165, 1.54) is 18.2 Å². The number of carbonyl (C=O) groups is 1. The van der Waals surface area contributed by atoms with Crippen molar-refractivity contribution in [3.63, 3.8) is 0 Å². The average Bonchev–Trinajstić information content (AvgIpc) is 2.54. The number of anilines is 1. The van der Waals surface area contributed by atoms with Crippen LogP contribution in [-0.2, 0) is 21.2 Å². The van der Waals surface area contributed by atoms with Crippen molar-refractivity contribution < 1.29 is 13.2 Å². The minimum absolute atomic E-state index is 0.150. The van der Waals surface area contributed by atoms with Crippen molar-refractivity contribution in [1.82, 2.24) is 5.32 Å². The molecule has 26 heavy (non-hydrogen) atoms. The Labute approximate surface area is 167 Å². The number of nitrogens with zero attached hydrogens (tertiary/aromatic N) is 1. The lowest BCUT2D eigenvalue weighted by molar-refractivity contribution is -0.119. The Hall–Kier alpha value is -1.47. The van der Waals surface area contributed by atoms with Crippen LogP contribution in [0.4, 0.5) is 5.69 Å². The fourth-order valence-electron chi connectivity index (χ4n) is 2.25. The maximum atomic E-state index is 12.2. The first-order valence-electron chi connectivity index (χ1n) is 7.61. The highest BCUT2D eigenvalue weighted by molar-refractivity contribution is 7.92. The van der Waals surface area contributed by atoms with E-state index in [0.29, 0.717) is 23.0 Å². The lowest BCUT2D eigenvalue weighted by Gasteiger charge is -2.23. The summed E-state index contributed by atoms with van der Waals surface area (Å²) in [6.45, 7) is -0.00673. The summed E-state index contributed by atoms with van der Waals surface area (Å²) in [6, 6.07) is 11.7. The summed E-state index contributed by atoms with van der Waals surface area (Å²) in [7, 11) is -3.70. The van der Waals surface area contributed by atoms with Crippen molar-refractivity contribution in [1.29, 1.82) is 0 Å². The van der Waals surface area contributed by atoms with Crippen LogP contribution in [-0.4, -0.2) is 33.7 Å². The second kappa shape index (κ2) is 8.95. The minimum Gasteiger partial charge on any atom is -0.354 e. The van der Waals surface area contributed by atoms with Crippen molar-refractivity contribution in [2.45, 2.75) is 6.42 Å². The highest BCUT2D eigenvalue weighted by Gasteiger charge is 2.23. The van der Waals surface area contributed by atoms with E-state index in [9.17, 15) is 13.2 Å². The van der Waals surface area contributed by atoms with E-state index in [0.717, 1.165) is 16.1 Å². The Morgan fingerprint density at radius 2 is 1.65 bits per heavy atom. The Morgan fingerprint density at radius 3 is 2.23 bits per heavy atom. The van der Waals surface area contributed by atoms with Crippen molar-refractivity contribution in [3.8, 4) is 0 Å². The van der Waals surface area contributed by atoms with Gasteiger partial charge in [-0.15, -0.1) is 0 Å². The first-order chi connectivity index (χ1) is 12.2. The molecule has 0 unspecified atom stereocenters. The summed E-state index contributed by atoms with van der Waals surface area (Å²) in [4.78, 5) is 12.2. The number of benzene rings is 2. The molecule has 0 saturated heterocycles. The summed E-state index contributed by atoms with van der Waals surface area (Å²) < 4.78 is 25.1. The van der Waals surface area contributed by atoms with E-state index in [2.05, 4.69) is 5.32 Å². The van der Waals surface area contributed by atoms with Crippen LogP contribution < -0.4 is 9.62 Å². The third-order valence-corrected chi connectivity index (χ3v) is 5.43. The predicted octanol–water partition coefficient (Wildman–Crippen LogP) is 3.77. The van der Waals surface area contributed by atoms with Crippen LogP contribution in [0.3, 0.4) is 0 Å². The molecule has 0 aliphatic heterocycles. The van der Waals surface area contributed by atoms with Gasteiger partial charge in [-0.2, -0.15) is 0 Å². The van der Waals surface area contributed by atoms with Crippen molar-refractivity contribution in [2.75, 3.05) is 23.7 Å². The van der Waals surface area contributed by atoms with E-state index in [1.54, 1.807) is 12.1 Å². The Balaban J connectivity index is 2.01. The predicted molar refractivity (Wildman–Crippen MR) is 107 cm³/mol. The van der Waals surface area contributed by atoms with Gasteiger partial charge in [0.1, 0.15) is 6.54 Å². The third kappa shape index (κ3) is 6.06. The summed E-state index contributed by atoms with van der Waals surface area (Å²) >= 11 is 17.7. The smallest absolute Gasteiger partial charge is 0.240 e. The largest absolute Gasteiger partial charge is 0.354 e. The standard InChI is InChI=1S/C17H17Cl3N2O3S/c1-26(24,25)22(16-7-6-14(19)10-15(16)20)11-17(23)21-9-8-12-2-4-13(18)5-3-12/h2-7,10H,8-9,11H2,1H3,(H,21,23). The number of amides is 1. The second-order valence-corrected chi connectivity index (χ2v) is 8.78.